The first-order valence-corrected chi connectivity index (χ1v) is 6.58. The molecule has 0 spiro atoms. The van der Waals surface area contributed by atoms with Crippen molar-refractivity contribution in [2.45, 2.75) is 19.3 Å². The first-order valence-electron chi connectivity index (χ1n) is 6.58. The SMILES string of the molecule is COc1ccc(CCN2C[CH]CCC2)cc1OC. The van der Waals surface area contributed by atoms with Gasteiger partial charge in [0.2, 0.25) is 0 Å². The van der Waals surface area contributed by atoms with E-state index >= 15 is 0 Å². The van der Waals surface area contributed by atoms with Gasteiger partial charge in [0, 0.05) is 13.1 Å². The van der Waals surface area contributed by atoms with Crippen LogP contribution in [0.15, 0.2) is 18.2 Å². The molecule has 18 heavy (non-hydrogen) atoms. The normalized spacial score (nSPS) is 16.6. The minimum absolute atomic E-state index is 0.799. The monoisotopic (exact) mass is 248 g/mol. The maximum Gasteiger partial charge on any atom is 0.160 e. The summed E-state index contributed by atoms with van der Waals surface area (Å²) < 4.78 is 10.6. The molecule has 0 aromatic heterocycles. The Morgan fingerprint density at radius 2 is 2.00 bits per heavy atom. The Labute approximate surface area is 110 Å². The molecule has 0 unspecified atom stereocenters. The first kappa shape index (κ1) is 13.2. The average Bonchev–Trinajstić information content (AvgIpc) is 2.45. The minimum atomic E-state index is 0.799. The van der Waals surface area contributed by atoms with Crippen molar-refractivity contribution in [1.29, 1.82) is 0 Å². The van der Waals surface area contributed by atoms with Crippen LogP contribution >= 0.6 is 0 Å². The molecule has 1 heterocycles. The number of methoxy groups -OCH3 is 2. The zero-order valence-corrected chi connectivity index (χ0v) is 11.3. The van der Waals surface area contributed by atoms with E-state index in [1.54, 1.807) is 14.2 Å². The van der Waals surface area contributed by atoms with Crippen LogP contribution in [0.5, 0.6) is 11.5 Å². The van der Waals surface area contributed by atoms with Gasteiger partial charge < -0.3 is 14.4 Å². The molecule has 1 aromatic rings. The number of benzene rings is 1. The molecule has 1 aliphatic heterocycles. The van der Waals surface area contributed by atoms with Crippen molar-refractivity contribution in [3.8, 4) is 11.5 Å². The van der Waals surface area contributed by atoms with Crippen LogP contribution in [0.3, 0.4) is 0 Å². The van der Waals surface area contributed by atoms with Gasteiger partial charge in [0.05, 0.1) is 14.2 Å². The van der Waals surface area contributed by atoms with Crippen LogP contribution < -0.4 is 9.47 Å². The summed E-state index contributed by atoms with van der Waals surface area (Å²) in [6, 6.07) is 6.18. The second kappa shape index (κ2) is 6.64. The Bertz CT molecular complexity index is 373. The van der Waals surface area contributed by atoms with E-state index in [1.807, 2.05) is 6.07 Å². The lowest BCUT2D eigenvalue weighted by Gasteiger charge is -2.26. The fraction of sp³-hybridized carbons (Fsp3) is 0.533. The zero-order valence-electron chi connectivity index (χ0n) is 11.3. The summed E-state index contributed by atoms with van der Waals surface area (Å²) in [5.74, 6) is 1.62. The largest absolute Gasteiger partial charge is 0.493 e. The lowest BCUT2D eigenvalue weighted by atomic mass is 10.1. The Kier molecular flexibility index (Phi) is 4.88. The van der Waals surface area contributed by atoms with Crippen LogP contribution in [-0.2, 0) is 6.42 Å². The number of nitrogens with zero attached hydrogens (tertiary/aromatic N) is 1. The Balaban J connectivity index is 1.92. The molecule has 0 atom stereocenters. The molecular formula is C15H22NO2. The van der Waals surface area contributed by atoms with Crippen molar-refractivity contribution < 1.29 is 9.47 Å². The molecule has 3 heteroatoms. The molecule has 2 rings (SSSR count). The predicted octanol–water partition coefficient (Wildman–Crippen LogP) is 2.55. The van der Waals surface area contributed by atoms with Crippen molar-refractivity contribution >= 4 is 0 Å². The van der Waals surface area contributed by atoms with E-state index in [0.29, 0.717) is 0 Å². The Morgan fingerprint density at radius 3 is 2.67 bits per heavy atom. The van der Waals surface area contributed by atoms with Gasteiger partial charge in [-0.05, 0) is 49.9 Å². The van der Waals surface area contributed by atoms with Gasteiger partial charge in [-0.1, -0.05) is 6.07 Å². The molecule has 0 N–H and O–H groups in total. The second-order valence-electron chi connectivity index (χ2n) is 4.67. The van der Waals surface area contributed by atoms with Crippen molar-refractivity contribution in [2.75, 3.05) is 33.9 Å². The van der Waals surface area contributed by atoms with Gasteiger partial charge in [-0.3, -0.25) is 0 Å². The summed E-state index contributed by atoms with van der Waals surface area (Å²) in [7, 11) is 3.35. The van der Waals surface area contributed by atoms with E-state index in [1.165, 1.54) is 24.9 Å². The quantitative estimate of drug-likeness (QED) is 0.799. The van der Waals surface area contributed by atoms with Crippen LogP contribution in [0, 0.1) is 6.42 Å². The van der Waals surface area contributed by atoms with Crippen LogP contribution in [-0.4, -0.2) is 38.8 Å². The first-order chi connectivity index (χ1) is 8.83. The highest BCUT2D eigenvalue weighted by atomic mass is 16.5. The lowest BCUT2D eigenvalue weighted by Crippen LogP contribution is -2.31. The van der Waals surface area contributed by atoms with Crippen molar-refractivity contribution in [2.24, 2.45) is 0 Å². The average molecular weight is 248 g/mol. The van der Waals surface area contributed by atoms with Crippen LogP contribution in [0.2, 0.25) is 0 Å². The summed E-state index contributed by atoms with van der Waals surface area (Å²) in [5.41, 5.74) is 1.30. The molecule has 1 aliphatic rings. The van der Waals surface area contributed by atoms with E-state index < -0.39 is 0 Å². The van der Waals surface area contributed by atoms with Crippen molar-refractivity contribution in [3.63, 3.8) is 0 Å². The minimum Gasteiger partial charge on any atom is -0.493 e. The molecule has 1 fully saturated rings. The highest BCUT2D eigenvalue weighted by molar-refractivity contribution is 5.42. The van der Waals surface area contributed by atoms with Gasteiger partial charge in [-0.25, -0.2) is 0 Å². The Morgan fingerprint density at radius 1 is 1.17 bits per heavy atom. The van der Waals surface area contributed by atoms with Gasteiger partial charge >= 0.3 is 0 Å². The highest BCUT2D eigenvalue weighted by Gasteiger charge is 2.10. The third-order valence-corrected chi connectivity index (χ3v) is 3.43. The summed E-state index contributed by atoms with van der Waals surface area (Å²) in [6.45, 7) is 3.48. The molecule has 1 aromatic carbocycles. The maximum absolute atomic E-state index is 5.32. The molecule has 0 aliphatic carbocycles. The number of ether oxygens (including phenoxy) is 2. The molecule has 0 amide bonds. The molecule has 0 bridgehead atoms. The zero-order chi connectivity index (χ0) is 12.8. The van der Waals surface area contributed by atoms with Gasteiger partial charge in [0.15, 0.2) is 11.5 Å². The standard InChI is InChI=1S/C15H22NO2/c1-17-14-7-6-13(12-15(14)18-2)8-11-16-9-4-3-5-10-16/h4,6-7,12H,3,5,8-11H2,1-2H3. The van der Waals surface area contributed by atoms with Crippen LogP contribution in [0.1, 0.15) is 18.4 Å². The van der Waals surface area contributed by atoms with Crippen LogP contribution in [0.4, 0.5) is 0 Å². The number of likely N-dealkylation sites (tertiary alicyclic amines) is 1. The summed E-state index contributed by atoms with van der Waals surface area (Å²) in [5, 5.41) is 0. The fourth-order valence-corrected chi connectivity index (χ4v) is 2.35. The van der Waals surface area contributed by atoms with Gasteiger partial charge in [-0.2, -0.15) is 0 Å². The van der Waals surface area contributed by atoms with Gasteiger partial charge in [0.1, 0.15) is 0 Å². The van der Waals surface area contributed by atoms with Crippen molar-refractivity contribution in [3.05, 3.63) is 30.2 Å². The molecule has 0 saturated carbocycles. The van der Waals surface area contributed by atoms with E-state index in [2.05, 4.69) is 23.5 Å². The highest BCUT2D eigenvalue weighted by Crippen LogP contribution is 2.27. The summed E-state index contributed by atoms with van der Waals surface area (Å²) in [6.07, 6.45) is 6.01. The Hall–Kier alpha value is -1.22. The van der Waals surface area contributed by atoms with Gasteiger partial charge in [-0.15, -0.1) is 0 Å². The number of rotatable bonds is 5. The summed E-state index contributed by atoms with van der Waals surface area (Å²) >= 11 is 0. The van der Waals surface area contributed by atoms with Crippen molar-refractivity contribution in [1.82, 2.24) is 4.90 Å². The van der Waals surface area contributed by atoms with E-state index in [9.17, 15) is 0 Å². The van der Waals surface area contributed by atoms with Gasteiger partial charge in [0.25, 0.3) is 0 Å². The van der Waals surface area contributed by atoms with Crippen LogP contribution in [0.25, 0.3) is 0 Å². The third kappa shape index (κ3) is 3.39. The summed E-state index contributed by atoms with van der Waals surface area (Å²) in [4.78, 5) is 2.50. The number of hydrogen-bond donors (Lipinski definition) is 0. The molecule has 1 radical (unpaired) electrons. The smallest absolute Gasteiger partial charge is 0.160 e. The predicted molar refractivity (Wildman–Crippen MR) is 73.2 cm³/mol. The van der Waals surface area contributed by atoms with E-state index in [0.717, 1.165) is 31.0 Å². The third-order valence-electron chi connectivity index (χ3n) is 3.43. The molecular weight excluding hydrogens is 226 g/mol. The van der Waals surface area contributed by atoms with E-state index in [4.69, 9.17) is 9.47 Å². The molecule has 3 nitrogen and oxygen atoms in total. The lowest BCUT2D eigenvalue weighted by molar-refractivity contribution is 0.265. The molecule has 1 saturated heterocycles. The van der Waals surface area contributed by atoms with E-state index in [-0.39, 0.29) is 0 Å². The topological polar surface area (TPSA) is 21.7 Å². The second-order valence-corrected chi connectivity index (χ2v) is 4.67. The molecule has 99 valence electrons. The number of piperidine rings is 1. The maximum atomic E-state index is 5.32. The fourth-order valence-electron chi connectivity index (χ4n) is 2.35. The number of hydrogen-bond acceptors (Lipinski definition) is 3.